The smallest absolute Gasteiger partial charge is 0.284 e. The Bertz CT molecular complexity index is 828. The van der Waals surface area contributed by atoms with Gasteiger partial charge in [-0.1, -0.05) is 19.9 Å². The Balaban J connectivity index is 2.40. The Morgan fingerprint density at radius 3 is 2.66 bits per heavy atom. The molecule has 1 radical (unpaired) electrons. The van der Waals surface area contributed by atoms with E-state index in [2.05, 4.69) is 10.3 Å². The second-order valence-electron chi connectivity index (χ2n) is 7.98. The van der Waals surface area contributed by atoms with Crippen LogP contribution in [0, 0.1) is 11.8 Å². The van der Waals surface area contributed by atoms with Crippen LogP contribution in [-0.4, -0.2) is 59.4 Å². The maximum Gasteiger partial charge on any atom is 0.284 e. The normalized spacial score (nSPS) is 23.2. The first-order valence-corrected chi connectivity index (χ1v) is 10.9. The Labute approximate surface area is 171 Å². The van der Waals surface area contributed by atoms with Gasteiger partial charge in [0.25, 0.3) is 10.0 Å². The Morgan fingerprint density at radius 2 is 2.07 bits per heavy atom. The van der Waals surface area contributed by atoms with E-state index in [1.807, 2.05) is 6.92 Å². The van der Waals surface area contributed by atoms with Gasteiger partial charge in [0.1, 0.15) is 0 Å². The molecular formula is C19H29N4O5S. The third kappa shape index (κ3) is 5.52. The molecule has 2 rings (SSSR count). The number of hydrogen-bond acceptors (Lipinski definition) is 7. The number of aliphatic hydroxyl groups excluding tert-OH is 1. The van der Waals surface area contributed by atoms with Gasteiger partial charge in [-0.05, 0) is 38.3 Å². The van der Waals surface area contributed by atoms with Crippen LogP contribution >= 0.6 is 0 Å². The van der Waals surface area contributed by atoms with Crippen LogP contribution in [0.5, 0.6) is 0 Å². The first-order valence-electron chi connectivity index (χ1n) is 9.51. The Kier molecular flexibility index (Phi) is 7.36. The average Bonchev–Trinajstić information content (AvgIpc) is 2.83. The quantitative estimate of drug-likeness (QED) is 0.566. The van der Waals surface area contributed by atoms with Crippen LogP contribution in [0.25, 0.3) is 0 Å². The molecule has 9 nitrogen and oxygen atoms in total. The highest BCUT2D eigenvalue weighted by molar-refractivity contribution is 7.89. The maximum absolute atomic E-state index is 13.3. The van der Waals surface area contributed by atoms with Crippen LogP contribution in [0.3, 0.4) is 0 Å². The van der Waals surface area contributed by atoms with Gasteiger partial charge < -0.3 is 16.2 Å². The summed E-state index contributed by atoms with van der Waals surface area (Å²) in [6.45, 7) is 5.22. The van der Waals surface area contributed by atoms with E-state index in [1.54, 1.807) is 19.9 Å². The molecule has 0 aromatic carbocycles. The third-order valence-electron chi connectivity index (χ3n) is 5.15. The highest BCUT2D eigenvalue weighted by Crippen LogP contribution is 2.27. The number of pyridine rings is 1. The number of nitrogens with two attached hydrogens (primary N) is 1. The number of carbonyl (C=O) groups excluding carboxylic acids is 2. The fourth-order valence-corrected chi connectivity index (χ4v) is 4.60. The lowest BCUT2D eigenvalue weighted by Gasteiger charge is -2.33. The minimum absolute atomic E-state index is 0.0348. The van der Waals surface area contributed by atoms with Gasteiger partial charge in [-0.15, -0.1) is 0 Å². The van der Waals surface area contributed by atoms with E-state index < -0.39 is 39.4 Å². The van der Waals surface area contributed by atoms with Crippen LogP contribution in [0.2, 0.25) is 0 Å². The molecule has 1 fully saturated rings. The summed E-state index contributed by atoms with van der Waals surface area (Å²) in [5.41, 5.74) is 4.33. The maximum atomic E-state index is 13.3. The van der Waals surface area contributed by atoms with Crippen molar-refractivity contribution in [1.29, 1.82) is 0 Å². The van der Waals surface area contributed by atoms with Crippen molar-refractivity contribution in [2.45, 2.75) is 63.2 Å². The number of amides is 2. The standard InChI is InChI=1S/C19H29N4O5S/c1-13-7-8-14(15(24)12-22-13)23(17(25)9-10-19(2,3)18(20)26)29(27,28)16-6-4-5-11-21-16/h4-6,9,11,13-15,22,24H,7-8,10,12H2,1-3H3,(H2,20,26)/t13-,14?,15+/m1/s1. The number of rotatable bonds is 7. The predicted octanol–water partition coefficient (Wildman–Crippen LogP) is 0.206. The van der Waals surface area contributed by atoms with Gasteiger partial charge in [0.15, 0.2) is 5.03 Å². The summed E-state index contributed by atoms with van der Waals surface area (Å²) >= 11 is 0. The van der Waals surface area contributed by atoms with E-state index in [0.29, 0.717) is 17.1 Å². The zero-order valence-electron chi connectivity index (χ0n) is 16.9. The van der Waals surface area contributed by atoms with Crippen LogP contribution < -0.4 is 11.1 Å². The summed E-state index contributed by atoms with van der Waals surface area (Å²) in [4.78, 5) is 28.5. The van der Waals surface area contributed by atoms with Gasteiger partial charge in [0, 0.05) is 24.2 Å². The fraction of sp³-hybridized carbons (Fsp3) is 0.579. The molecule has 10 heteroatoms. The van der Waals surface area contributed by atoms with E-state index in [9.17, 15) is 23.1 Å². The molecule has 1 unspecified atom stereocenters. The predicted molar refractivity (Wildman–Crippen MR) is 107 cm³/mol. The van der Waals surface area contributed by atoms with Crippen molar-refractivity contribution in [3.63, 3.8) is 0 Å². The molecule has 1 aromatic rings. The highest BCUT2D eigenvalue weighted by Gasteiger charge is 2.41. The molecule has 29 heavy (non-hydrogen) atoms. The van der Waals surface area contributed by atoms with E-state index in [-0.39, 0.29) is 24.0 Å². The number of sulfonamides is 1. The van der Waals surface area contributed by atoms with E-state index in [1.165, 1.54) is 18.3 Å². The topological polar surface area (TPSA) is 143 Å². The van der Waals surface area contributed by atoms with Crippen molar-refractivity contribution in [3.05, 3.63) is 30.8 Å². The minimum Gasteiger partial charge on any atom is -0.390 e. The number of primary amides is 1. The van der Waals surface area contributed by atoms with Crippen LogP contribution in [0.15, 0.2) is 29.4 Å². The third-order valence-corrected chi connectivity index (χ3v) is 6.89. The molecule has 2 amide bonds. The summed E-state index contributed by atoms with van der Waals surface area (Å²) in [6, 6.07) is 3.49. The van der Waals surface area contributed by atoms with Gasteiger partial charge in [-0.25, -0.2) is 9.29 Å². The van der Waals surface area contributed by atoms with Gasteiger partial charge in [-0.3, -0.25) is 9.59 Å². The van der Waals surface area contributed by atoms with Crippen molar-refractivity contribution in [3.8, 4) is 0 Å². The molecule has 4 N–H and O–H groups in total. The molecule has 161 valence electrons. The number of nitrogens with one attached hydrogen (secondary N) is 1. The number of β-amino-alcohol motifs (C(OH)–C–C–N with tert-alkyl or cyclic N) is 1. The molecule has 0 bridgehead atoms. The number of hydrogen-bond donors (Lipinski definition) is 3. The van der Waals surface area contributed by atoms with Gasteiger partial charge in [0.05, 0.1) is 18.6 Å². The minimum atomic E-state index is -4.32. The summed E-state index contributed by atoms with van der Waals surface area (Å²) in [7, 11) is -4.32. The molecule has 2 heterocycles. The monoisotopic (exact) mass is 425 g/mol. The molecule has 0 saturated carbocycles. The molecular weight excluding hydrogens is 396 g/mol. The molecule has 0 spiro atoms. The van der Waals surface area contributed by atoms with Crippen LogP contribution in [0.1, 0.15) is 40.0 Å². The number of aromatic nitrogens is 1. The Morgan fingerprint density at radius 1 is 1.38 bits per heavy atom. The number of nitrogens with zero attached hydrogens (tertiary/aromatic N) is 2. The Hall–Kier alpha value is -2.04. The first-order chi connectivity index (χ1) is 13.5. The average molecular weight is 426 g/mol. The van der Waals surface area contributed by atoms with Crippen molar-refractivity contribution in [2.24, 2.45) is 11.1 Å². The van der Waals surface area contributed by atoms with Crippen LogP contribution in [-0.2, 0) is 19.6 Å². The molecule has 0 aliphatic carbocycles. The van der Waals surface area contributed by atoms with Gasteiger partial charge >= 0.3 is 0 Å². The fourth-order valence-electron chi connectivity index (χ4n) is 3.04. The van der Waals surface area contributed by atoms with E-state index in [4.69, 9.17) is 5.73 Å². The molecule has 1 aromatic heterocycles. The van der Waals surface area contributed by atoms with Crippen molar-refractivity contribution >= 4 is 21.8 Å². The second kappa shape index (κ2) is 9.19. The van der Waals surface area contributed by atoms with Crippen molar-refractivity contribution in [2.75, 3.05) is 6.54 Å². The van der Waals surface area contributed by atoms with Crippen molar-refractivity contribution < 1.29 is 23.1 Å². The highest BCUT2D eigenvalue weighted by atomic mass is 32.2. The lowest BCUT2D eigenvalue weighted by atomic mass is 9.87. The summed E-state index contributed by atoms with van der Waals surface area (Å²) < 4.78 is 27.2. The SMILES string of the molecule is C[C@@H]1CCC(N(C(=O)[CH]CC(C)(C)C(N)=O)S(=O)(=O)c2ccccn2)[C@@H](O)CN1. The van der Waals surface area contributed by atoms with E-state index in [0.717, 1.165) is 6.42 Å². The zero-order chi connectivity index (χ0) is 21.8. The number of carbonyl (C=O) groups is 2. The van der Waals surface area contributed by atoms with Crippen molar-refractivity contribution in [1.82, 2.24) is 14.6 Å². The number of aliphatic hydroxyl groups is 1. The van der Waals surface area contributed by atoms with Crippen LogP contribution in [0.4, 0.5) is 0 Å². The molecule has 3 atom stereocenters. The van der Waals surface area contributed by atoms with E-state index >= 15 is 0 Å². The molecule has 1 saturated heterocycles. The molecule has 1 aliphatic rings. The lowest BCUT2D eigenvalue weighted by Crippen LogP contribution is -2.52. The lowest BCUT2D eigenvalue weighted by molar-refractivity contribution is -0.128. The second-order valence-corrected chi connectivity index (χ2v) is 9.75. The zero-order valence-corrected chi connectivity index (χ0v) is 17.7. The summed E-state index contributed by atoms with van der Waals surface area (Å²) in [5, 5.41) is 13.4. The van der Waals surface area contributed by atoms with Gasteiger partial charge in [-0.2, -0.15) is 8.42 Å². The summed E-state index contributed by atoms with van der Waals surface area (Å²) in [6.07, 6.45) is 2.21. The molecule has 1 aliphatic heterocycles. The van der Waals surface area contributed by atoms with Gasteiger partial charge in [0.2, 0.25) is 11.8 Å². The largest absolute Gasteiger partial charge is 0.390 e. The first kappa shape index (κ1) is 23.2. The summed E-state index contributed by atoms with van der Waals surface area (Å²) in [5.74, 6) is -1.42.